The van der Waals surface area contributed by atoms with Gasteiger partial charge in [0.2, 0.25) is 6.10 Å². The van der Waals surface area contributed by atoms with Crippen LogP contribution in [0.1, 0.15) is 43.7 Å². The third-order valence-corrected chi connectivity index (χ3v) is 4.36. The minimum atomic E-state index is -0.554. The van der Waals surface area contributed by atoms with Gasteiger partial charge in [0.1, 0.15) is 0 Å². The molecule has 1 amide bonds. The number of hydrogen-bond donors (Lipinski definition) is 0. The van der Waals surface area contributed by atoms with Crippen molar-refractivity contribution in [3.63, 3.8) is 0 Å². The van der Waals surface area contributed by atoms with Crippen molar-refractivity contribution < 1.29 is 9.63 Å². The molecule has 0 N–H and O–H groups in total. The largest absolute Gasteiger partial charge is 0.382 e. The second-order valence-electron chi connectivity index (χ2n) is 6.63. The Morgan fingerprint density at radius 3 is 2.68 bits per heavy atom. The maximum absolute atomic E-state index is 12.6. The summed E-state index contributed by atoms with van der Waals surface area (Å²) in [4.78, 5) is 19.7. The molecule has 1 saturated heterocycles. The summed E-state index contributed by atoms with van der Waals surface area (Å²) < 4.78 is 1.69. The van der Waals surface area contributed by atoms with Crippen molar-refractivity contribution in [1.82, 2.24) is 9.78 Å². The highest BCUT2D eigenvalue weighted by Gasteiger charge is 2.32. The average Bonchev–Trinajstić information content (AvgIpc) is 3.03. The van der Waals surface area contributed by atoms with Gasteiger partial charge in [-0.3, -0.25) is 14.4 Å². The third kappa shape index (κ3) is 4.07. The number of amides is 1. The number of aromatic nitrogens is 2. The Morgan fingerprint density at radius 1 is 1.28 bits per heavy atom. The van der Waals surface area contributed by atoms with Gasteiger partial charge in [0.05, 0.1) is 6.21 Å². The molecule has 25 heavy (non-hydrogen) atoms. The number of carbonyl (C=O) groups is 1. The van der Waals surface area contributed by atoms with E-state index in [1.807, 2.05) is 31.4 Å². The van der Waals surface area contributed by atoms with Crippen molar-refractivity contribution in [3.8, 4) is 0 Å². The molecular formula is C19H24N4O2. The second kappa shape index (κ2) is 7.51. The lowest BCUT2D eigenvalue weighted by Crippen LogP contribution is -2.45. The Morgan fingerprint density at radius 2 is 2.04 bits per heavy atom. The summed E-state index contributed by atoms with van der Waals surface area (Å²) in [6.45, 7) is 4.98. The van der Waals surface area contributed by atoms with Gasteiger partial charge in [-0.1, -0.05) is 43.3 Å². The van der Waals surface area contributed by atoms with Crippen LogP contribution in [-0.2, 0) is 16.7 Å². The van der Waals surface area contributed by atoms with Crippen molar-refractivity contribution in [2.75, 3.05) is 11.4 Å². The molecule has 0 spiro atoms. The van der Waals surface area contributed by atoms with E-state index in [9.17, 15) is 4.79 Å². The standard InChI is InChI=1S/C19H24N4O2/c1-14(2)16-8-6-15(7-9-16)13-20-25-17-5-4-11-23(19(17)24)18-10-12-22(3)21-18/h6-10,12-14,17H,4-5,11H2,1-3H3/b20-13+. The predicted octanol–water partition coefficient (Wildman–Crippen LogP) is 3.09. The number of aryl methyl sites for hydroxylation is 1. The lowest BCUT2D eigenvalue weighted by atomic mass is 10.0. The van der Waals surface area contributed by atoms with Crippen LogP contribution in [0.2, 0.25) is 0 Å². The predicted molar refractivity (Wildman–Crippen MR) is 97.8 cm³/mol. The van der Waals surface area contributed by atoms with Crippen LogP contribution in [0.25, 0.3) is 0 Å². The summed E-state index contributed by atoms with van der Waals surface area (Å²) in [5.74, 6) is 1.07. The van der Waals surface area contributed by atoms with Crippen LogP contribution < -0.4 is 4.90 Å². The fourth-order valence-electron chi connectivity index (χ4n) is 2.85. The highest BCUT2D eigenvalue weighted by molar-refractivity contribution is 5.96. The molecule has 2 aromatic rings. The molecule has 1 atom stereocenters. The van der Waals surface area contributed by atoms with Gasteiger partial charge in [-0.05, 0) is 29.9 Å². The molecule has 1 aromatic carbocycles. The van der Waals surface area contributed by atoms with E-state index >= 15 is 0 Å². The van der Waals surface area contributed by atoms with Gasteiger partial charge in [0.15, 0.2) is 5.82 Å². The van der Waals surface area contributed by atoms with Gasteiger partial charge in [-0.2, -0.15) is 5.10 Å². The number of rotatable bonds is 5. The molecule has 3 rings (SSSR count). The second-order valence-corrected chi connectivity index (χ2v) is 6.63. The van der Waals surface area contributed by atoms with Crippen molar-refractivity contribution in [3.05, 3.63) is 47.7 Å². The summed E-state index contributed by atoms with van der Waals surface area (Å²) in [6, 6.07) is 10.0. The molecule has 6 heteroatoms. The fourth-order valence-corrected chi connectivity index (χ4v) is 2.85. The van der Waals surface area contributed by atoms with Crippen molar-refractivity contribution >= 4 is 17.9 Å². The van der Waals surface area contributed by atoms with Crippen LogP contribution in [0.4, 0.5) is 5.82 Å². The molecule has 0 radical (unpaired) electrons. The molecular weight excluding hydrogens is 316 g/mol. The Kier molecular flexibility index (Phi) is 5.16. The van der Waals surface area contributed by atoms with E-state index in [4.69, 9.17) is 4.84 Å². The van der Waals surface area contributed by atoms with E-state index < -0.39 is 6.10 Å². The molecule has 0 saturated carbocycles. The van der Waals surface area contributed by atoms with E-state index in [-0.39, 0.29) is 5.91 Å². The van der Waals surface area contributed by atoms with Gasteiger partial charge in [0, 0.05) is 25.9 Å². The smallest absolute Gasteiger partial charge is 0.272 e. The van der Waals surface area contributed by atoms with Gasteiger partial charge in [-0.25, -0.2) is 0 Å². The number of benzene rings is 1. The van der Waals surface area contributed by atoms with Crippen LogP contribution >= 0.6 is 0 Å². The molecule has 1 aromatic heterocycles. The van der Waals surface area contributed by atoms with Crippen LogP contribution in [0.15, 0.2) is 41.7 Å². The van der Waals surface area contributed by atoms with Crippen molar-refractivity contribution in [2.45, 2.75) is 38.7 Å². The first-order chi connectivity index (χ1) is 12.0. The first-order valence-electron chi connectivity index (χ1n) is 8.65. The summed E-state index contributed by atoms with van der Waals surface area (Å²) in [6.07, 6.45) is 4.46. The Balaban J connectivity index is 1.61. The average molecular weight is 340 g/mol. The lowest BCUT2D eigenvalue weighted by Gasteiger charge is -2.29. The summed E-state index contributed by atoms with van der Waals surface area (Å²) in [5.41, 5.74) is 2.24. The van der Waals surface area contributed by atoms with Crippen molar-refractivity contribution in [1.29, 1.82) is 0 Å². The zero-order chi connectivity index (χ0) is 17.8. The zero-order valence-electron chi connectivity index (χ0n) is 14.9. The van der Waals surface area contributed by atoms with Crippen LogP contribution in [0.3, 0.4) is 0 Å². The van der Waals surface area contributed by atoms with Crippen LogP contribution in [-0.4, -0.2) is 34.6 Å². The molecule has 2 heterocycles. The normalized spacial score (nSPS) is 18.3. The third-order valence-electron chi connectivity index (χ3n) is 4.36. The first-order valence-corrected chi connectivity index (χ1v) is 8.65. The fraction of sp³-hybridized carbons (Fsp3) is 0.421. The molecule has 132 valence electrons. The minimum absolute atomic E-state index is 0.0859. The molecule has 0 aliphatic carbocycles. The lowest BCUT2D eigenvalue weighted by molar-refractivity contribution is -0.132. The number of oxime groups is 1. The van der Waals surface area contributed by atoms with Gasteiger partial charge in [0.25, 0.3) is 5.91 Å². The molecule has 1 fully saturated rings. The Bertz CT molecular complexity index is 749. The molecule has 0 bridgehead atoms. The van der Waals surface area contributed by atoms with Gasteiger partial charge in [-0.15, -0.1) is 0 Å². The van der Waals surface area contributed by atoms with Gasteiger partial charge >= 0.3 is 0 Å². The highest BCUT2D eigenvalue weighted by Crippen LogP contribution is 2.21. The monoisotopic (exact) mass is 340 g/mol. The van der Waals surface area contributed by atoms with E-state index in [1.165, 1.54) is 5.56 Å². The molecule has 1 unspecified atom stereocenters. The number of hydrogen-bond acceptors (Lipinski definition) is 4. The highest BCUT2D eigenvalue weighted by atomic mass is 16.6. The Hall–Kier alpha value is -2.63. The summed E-state index contributed by atoms with van der Waals surface area (Å²) >= 11 is 0. The SMILES string of the molecule is CC(C)c1ccc(/C=N/OC2CCCN(c3ccn(C)n3)C2=O)cc1. The number of carbonyl (C=O) groups excluding carboxylic acids is 1. The van der Waals surface area contributed by atoms with E-state index in [0.29, 0.717) is 24.7 Å². The van der Waals surface area contributed by atoms with E-state index in [1.54, 1.807) is 15.8 Å². The zero-order valence-corrected chi connectivity index (χ0v) is 14.9. The summed E-state index contributed by atoms with van der Waals surface area (Å²) in [7, 11) is 1.83. The summed E-state index contributed by atoms with van der Waals surface area (Å²) in [5, 5.41) is 8.32. The maximum atomic E-state index is 12.6. The molecule has 1 aliphatic rings. The van der Waals surface area contributed by atoms with Crippen LogP contribution in [0, 0.1) is 0 Å². The first kappa shape index (κ1) is 17.2. The molecule has 6 nitrogen and oxygen atoms in total. The maximum Gasteiger partial charge on any atom is 0.272 e. The quantitative estimate of drug-likeness (QED) is 0.621. The number of nitrogens with zero attached hydrogens (tertiary/aromatic N) is 4. The van der Waals surface area contributed by atoms with Gasteiger partial charge < -0.3 is 4.84 Å². The minimum Gasteiger partial charge on any atom is -0.382 e. The topological polar surface area (TPSA) is 59.7 Å². The molecule has 1 aliphatic heterocycles. The van der Waals surface area contributed by atoms with Crippen LogP contribution in [0.5, 0.6) is 0 Å². The number of piperidine rings is 1. The van der Waals surface area contributed by atoms with E-state index in [2.05, 4.69) is 36.2 Å². The Labute approximate surface area is 148 Å². The van der Waals surface area contributed by atoms with E-state index in [0.717, 1.165) is 12.0 Å². The van der Waals surface area contributed by atoms with Crippen molar-refractivity contribution in [2.24, 2.45) is 12.2 Å². The number of anilines is 1.